The van der Waals surface area contributed by atoms with Crippen molar-refractivity contribution >= 4 is 55.2 Å². The van der Waals surface area contributed by atoms with E-state index >= 15 is 0 Å². The fraction of sp³-hybridized carbons (Fsp3) is 0. The highest BCUT2D eigenvalue weighted by Gasteiger charge is 2.14. The van der Waals surface area contributed by atoms with Gasteiger partial charge in [0.05, 0.1) is 11.8 Å². The predicted molar refractivity (Wildman–Crippen MR) is 76.8 cm³/mol. The van der Waals surface area contributed by atoms with Crippen molar-refractivity contribution in [3.63, 3.8) is 0 Å². The second-order valence-corrected chi connectivity index (χ2v) is 5.41. The Balaban J connectivity index is 2.25. The standard InChI is InChI=1S/C11H5Br2ClFN3O/c12-8-4-16-10(9(13)17-8)18-11(19)6-2-1-5(14)3-7(6)15/h1-4H,(H,16,18,19). The molecule has 0 bridgehead atoms. The quantitative estimate of drug-likeness (QED) is 0.814. The molecule has 0 radical (unpaired) electrons. The van der Waals surface area contributed by atoms with Gasteiger partial charge in [0.15, 0.2) is 5.82 Å². The maximum Gasteiger partial charge on any atom is 0.259 e. The number of nitrogens with one attached hydrogen (secondary N) is 1. The Morgan fingerprint density at radius 1 is 1.37 bits per heavy atom. The third-order valence-corrected chi connectivity index (χ3v) is 3.28. The largest absolute Gasteiger partial charge is 0.304 e. The zero-order valence-corrected chi connectivity index (χ0v) is 13.1. The minimum Gasteiger partial charge on any atom is -0.304 e. The molecule has 0 aliphatic rings. The predicted octanol–water partition coefficient (Wildman–Crippen LogP) is 4.05. The zero-order chi connectivity index (χ0) is 14.0. The molecule has 1 aromatic heterocycles. The number of hydrogen-bond acceptors (Lipinski definition) is 3. The van der Waals surface area contributed by atoms with E-state index in [0.29, 0.717) is 9.21 Å². The molecule has 0 aliphatic heterocycles. The Bertz CT molecular complexity index is 654. The van der Waals surface area contributed by atoms with Crippen LogP contribution in [0.2, 0.25) is 5.02 Å². The van der Waals surface area contributed by atoms with E-state index in [4.69, 9.17) is 11.6 Å². The Morgan fingerprint density at radius 2 is 2.11 bits per heavy atom. The van der Waals surface area contributed by atoms with E-state index in [2.05, 4.69) is 47.1 Å². The van der Waals surface area contributed by atoms with Crippen LogP contribution in [0.3, 0.4) is 0 Å². The number of carbonyl (C=O) groups excluding carboxylic acids is 1. The summed E-state index contributed by atoms with van der Waals surface area (Å²) in [6, 6.07) is 3.80. The fourth-order valence-electron chi connectivity index (χ4n) is 1.28. The van der Waals surface area contributed by atoms with Gasteiger partial charge in [-0.25, -0.2) is 14.4 Å². The molecule has 0 fully saturated rings. The highest BCUT2D eigenvalue weighted by molar-refractivity contribution is 9.11. The summed E-state index contributed by atoms with van der Waals surface area (Å²) >= 11 is 11.9. The lowest BCUT2D eigenvalue weighted by atomic mass is 10.2. The van der Waals surface area contributed by atoms with Gasteiger partial charge in [0.2, 0.25) is 0 Å². The number of rotatable bonds is 2. The van der Waals surface area contributed by atoms with Crippen LogP contribution in [0, 0.1) is 5.82 Å². The minimum atomic E-state index is -0.703. The highest BCUT2D eigenvalue weighted by atomic mass is 79.9. The van der Waals surface area contributed by atoms with E-state index < -0.39 is 11.7 Å². The van der Waals surface area contributed by atoms with Gasteiger partial charge in [-0.3, -0.25) is 4.79 Å². The van der Waals surface area contributed by atoms with Gasteiger partial charge in [-0.15, -0.1) is 0 Å². The van der Waals surface area contributed by atoms with E-state index in [1.807, 2.05) is 0 Å². The molecule has 2 rings (SSSR count). The lowest BCUT2D eigenvalue weighted by molar-refractivity contribution is 0.102. The molecule has 8 heteroatoms. The summed E-state index contributed by atoms with van der Waals surface area (Å²) in [6.07, 6.45) is 1.42. The van der Waals surface area contributed by atoms with E-state index in [1.165, 1.54) is 18.3 Å². The van der Waals surface area contributed by atoms with Gasteiger partial charge >= 0.3 is 0 Å². The molecule has 1 heterocycles. The average Bonchev–Trinajstić information content (AvgIpc) is 2.32. The van der Waals surface area contributed by atoms with Gasteiger partial charge in [-0.1, -0.05) is 11.6 Å². The molecule has 98 valence electrons. The van der Waals surface area contributed by atoms with Crippen molar-refractivity contribution in [1.29, 1.82) is 0 Å². The first-order valence-electron chi connectivity index (χ1n) is 4.92. The van der Waals surface area contributed by atoms with Gasteiger partial charge in [0.25, 0.3) is 5.91 Å². The van der Waals surface area contributed by atoms with Crippen molar-refractivity contribution in [1.82, 2.24) is 9.97 Å². The number of halogens is 4. The van der Waals surface area contributed by atoms with Crippen LogP contribution >= 0.6 is 43.5 Å². The molecule has 1 N–H and O–H groups in total. The van der Waals surface area contributed by atoms with Crippen LogP contribution in [0.15, 0.2) is 33.6 Å². The maximum atomic E-state index is 13.6. The summed E-state index contributed by atoms with van der Waals surface area (Å²) in [4.78, 5) is 19.8. The van der Waals surface area contributed by atoms with Crippen LogP contribution in [0.5, 0.6) is 0 Å². The van der Waals surface area contributed by atoms with E-state index in [1.54, 1.807) is 0 Å². The van der Waals surface area contributed by atoms with Crippen LogP contribution in [0.1, 0.15) is 10.4 Å². The van der Waals surface area contributed by atoms with Crippen molar-refractivity contribution < 1.29 is 9.18 Å². The van der Waals surface area contributed by atoms with E-state index in [9.17, 15) is 9.18 Å². The molecule has 0 saturated heterocycles. The van der Waals surface area contributed by atoms with Crippen LogP contribution in [-0.2, 0) is 0 Å². The van der Waals surface area contributed by atoms with Gasteiger partial charge in [0, 0.05) is 5.02 Å². The number of aromatic nitrogens is 2. The molecular weight excluding hydrogens is 404 g/mol. The Kier molecular flexibility index (Phi) is 4.49. The molecular formula is C11H5Br2ClFN3O. The first-order chi connectivity index (χ1) is 8.97. The van der Waals surface area contributed by atoms with Crippen molar-refractivity contribution in [2.45, 2.75) is 0 Å². The van der Waals surface area contributed by atoms with Crippen LogP contribution in [0.25, 0.3) is 0 Å². The summed E-state index contributed by atoms with van der Waals surface area (Å²) in [5, 5.41) is 2.67. The first-order valence-corrected chi connectivity index (χ1v) is 6.88. The smallest absolute Gasteiger partial charge is 0.259 e. The van der Waals surface area contributed by atoms with Crippen LogP contribution < -0.4 is 5.32 Å². The van der Waals surface area contributed by atoms with Crippen LogP contribution in [-0.4, -0.2) is 15.9 Å². The topological polar surface area (TPSA) is 54.9 Å². The molecule has 1 amide bonds. The summed E-state index contributed by atoms with van der Waals surface area (Å²) in [5.41, 5.74) is -0.124. The number of amides is 1. The SMILES string of the molecule is O=C(Nc1ncc(Br)nc1Br)c1ccc(Cl)cc1F. The lowest BCUT2D eigenvalue weighted by Crippen LogP contribution is -2.15. The molecule has 0 saturated carbocycles. The molecule has 0 atom stereocenters. The van der Waals surface area contributed by atoms with Crippen molar-refractivity contribution in [3.05, 3.63) is 50.0 Å². The maximum absolute atomic E-state index is 13.6. The average molecular weight is 409 g/mol. The van der Waals surface area contributed by atoms with Crippen molar-refractivity contribution in [2.75, 3.05) is 5.32 Å². The number of hydrogen-bond donors (Lipinski definition) is 1. The number of anilines is 1. The first kappa shape index (κ1) is 14.4. The Labute approximate surface area is 129 Å². The number of nitrogens with zero attached hydrogens (tertiary/aromatic N) is 2. The Morgan fingerprint density at radius 3 is 2.74 bits per heavy atom. The Hall–Kier alpha value is -1.05. The van der Waals surface area contributed by atoms with E-state index in [0.717, 1.165) is 6.07 Å². The molecule has 2 aromatic rings. The van der Waals surface area contributed by atoms with Gasteiger partial charge in [-0.2, -0.15) is 0 Å². The molecule has 19 heavy (non-hydrogen) atoms. The monoisotopic (exact) mass is 407 g/mol. The molecule has 0 aliphatic carbocycles. The summed E-state index contributed by atoms with van der Waals surface area (Å²) < 4.78 is 14.4. The molecule has 4 nitrogen and oxygen atoms in total. The van der Waals surface area contributed by atoms with Gasteiger partial charge in [-0.05, 0) is 50.1 Å². The third-order valence-electron chi connectivity index (χ3n) is 2.11. The minimum absolute atomic E-state index is 0.124. The normalized spacial score (nSPS) is 10.3. The van der Waals surface area contributed by atoms with Crippen molar-refractivity contribution in [2.24, 2.45) is 0 Å². The third kappa shape index (κ3) is 3.49. The highest BCUT2D eigenvalue weighted by Crippen LogP contribution is 2.21. The van der Waals surface area contributed by atoms with Gasteiger partial charge < -0.3 is 5.32 Å². The van der Waals surface area contributed by atoms with Gasteiger partial charge in [0.1, 0.15) is 15.0 Å². The number of carbonyl (C=O) groups is 1. The molecule has 1 aromatic carbocycles. The van der Waals surface area contributed by atoms with Crippen molar-refractivity contribution in [3.8, 4) is 0 Å². The summed E-state index contributed by atoms with van der Waals surface area (Å²) in [6.45, 7) is 0. The number of benzene rings is 1. The molecule has 0 spiro atoms. The van der Waals surface area contributed by atoms with E-state index in [-0.39, 0.29) is 16.4 Å². The second kappa shape index (κ2) is 5.94. The molecule has 0 unspecified atom stereocenters. The lowest BCUT2D eigenvalue weighted by Gasteiger charge is -2.07. The second-order valence-electron chi connectivity index (χ2n) is 3.41. The summed E-state index contributed by atoms with van der Waals surface area (Å²) in [5.74, 6) is -1.14. The zero-order valence-electron chi connectivity index (χ0n) is 9.12. The van der Waals surface area contributed by atoms with Crippen LogP contribution in [0.4, 0.5) is 10.2 Å². The summed E-state index contributed by atoms with van der Waals surface area (Å²) in [7, 11) is 0. The fourth-order valence-corrected chi connectivity index (χ4v) is 2.35.